The molecule has 0 bridgehead atoms. The molecular formula is C9H19N3OS. The Balaban J connectivity index is 2.51. The summed E-state index contributed by atoms with van der Waals surface area (Å²) in [4.78, 5) is 15.5. The summed E-state index contributed by atoms with van der Waals surface area (Å²) in [5, 5.41) is 0. The van der Waals surface area contributed by atoms with E-state index in [0.29, 0.717) is 6.04 Å². The third kappa shape index (κ3) is 2.04. The van der Waals surface area contributed by atoms with Gasteiger partial charge < -0.3 is 5.73 Å². The van der Waals surface area contributed by atoms with E-state index < -0.39 is 5.54 Å². The number of nitrogens with two attached hydrogens (primary N) is 1. The number of hydrogen-bond acceptors (Lipinski definition) is 4. The third-order valence-corrected chi connectivity index (χ3v) is 3.57. The van der Waals surface area contributed by atoms with Gasteiger partial charge in [-0.1, -0.05) is 0 Å². The average molecular weight is 217 g/mol. The van der Waals surface area contributed by atoms with Gasteiger partial charge in [-0.15, -0.1) is 0 Å². The second kappa shape index (κ2) is 4.08. The quantitative estimate of drug-likeness (QED) is 0.639. The minimum absolute atomic E-state index is 0.274. The number of hydrogen-bond donors (Lipinski definition) is 2. The van der Waals surface area contributed by atoms with Crippen molar-refractivity contribution in [3.63, 3.8) is 0 Å². The molecule has 0 aromatic heterocycles. The molecular weight excluding hydrogens is 198 g/mol. The normalized spacial score (nSPS) is 19.8. The van der Waals surface area contributed by atoms with Crippen LogP contribution in [-0.2, 0) is 4.79 Å². The Kier molecular flexibility index (Phi) is 3.44. The minimum Gasteiger partial charge on any atom is -0.368 e. The van der Waals surface area contributed by atoms with E-state index in [4.69, 9.17) is 5.73 Å². The van der Waals surface area contributed by atoms with E-state index >= 15 is 0 Å². The lowest BCUT2D eigenvalue weighted by molar-refractivity contribution is -0.131. The summed E-state index contributed by atoms with van der Waals surface area (Å²) < 4.78 is 0. The Morgan fingerprint density at radius 1 is 1.64 bits per heavy atom. The molecule has 2 N–H and O–H groups in total. The van der Waals surface area contributed by atoms with Crippen molar-refractivity contribution in [2.45, 2.75) is 25.4 Å². The maximum atomic E-state index is 11.2. The number of primary amides is 1. The highest BCUT2D eigenvalue weighted by Gasteiger charge is 2.39. The summed E-state index contributed by atoms with van der Waals surface area (Å²) in [6.07, 6.45) is 0. The van der Waals surface area contributed by atoms with Gasteiger partial charge in [0.15, 0.2) is 0 Å². The van der Waals surface area contributed by atoms with Gasteiger partial charge in [0.2, 0.25) is 5.91 Å². The van der Waals surface area contributed by atoms with Crippen LogP contribution in [-0.4, -0.2) is 53.3 Å². The Morgan fingerprint density at radius 3 is 2.50 bits per heavy atom. The van der Waals surface area contributed by atoms with E-state index in [0.717, 1.165) is 19.0 Å². The molecule has 0 saturated carbocycles. The van der Waals surface area contributed by atoms with E-state index in [-0.39, 0.29) is 5.91 Å². The zero-order valence-electron chi connectivity index (χ0n) is 9.03. The molecule has 1 amide bonds. The molecule has 0 radical (unpaired) electrons. The van der Waals surface area contributed by atoms with Crippen LogP contribution >= 0.6 is 12.6 Å². The van der Waals surface area contributed by atoms with E-state index in [1.807, 2.05) is 20.9 Å². The van der Waals surface area contributed by atoms with Crippen molar-refractivity contribution in [2.24, 2.45) is 5.73 Å². The first-order valence-corrected chi connectivity index (χ1v) is 5.39. The van der Waals surface area contributed by atoms with Gasteiger partial charge in [0, 0.05) is 25.0 Å². The van der Waals surface area contributed by atoms with E-state index in [2.05, 4.69) is 22.4 Å². The summed E-state index contributed by atoms with van der Waals surface area (Å²) in [6.45, 7) is 5.66. The van der Waals surface area contributed by atoms with Gasteiger partial charge in [-0.05, 0) is 20.9 Å². The largest absolute Gasteiger partial charge is 0.368 e. The summed E-state index contributed by atoms with van der Waals surface area (Å²) in [5.74, 6) is 0.505. The minimum atomic E-state index is -0.562. The SMILES string of the molecule is CN(C1CN(CS)C1)C(C)(C)C(N)=O. The smallest absolute Gasteiger partial charge is 0.237 e. The summed E-state index contributed by atoms with van der Waals surface area (Å²) >= 11 is 4.18. The lowest BCUT2D eigenvalue weighted by atomic mass is 9.97. The number of likely N-dealkylation sites (tertiary alicyclic amines) is 1. The topological polar surface area (TPSA) is 49.6 Å². The standard InChI is InChI=1S/C9H19N3OS/c1-9(2,8(10)13)11(3)7-4-12(5-7)6-14/h7,14H,4-6H2,1-3H3,(H2,10,13). The molecule has 0 aromatic rings. The van der Waals surface area contributed by atoms with E-state index in [9.17, 15) is 4.79 Å². The van der Waals surface area contributed by atoms with Crippen molar-refractivity contribution in [2.75, 3.05) is 26.0 Å². The van der Waals surface area contributed by atoms with Gasteiger partial charge in [-0.2, -0.15) is 12.6 Å². The molecule has 0 atom stereocenters. The molecule has 1 aliphatic rings. The molecule has 82 valence electrons. The van der Waals surface area contributed by atoms with E-state index in [1.165, 1.54) is 0 Å². The Morgan fingerprint density at radius 2 is 2.14 bits per heavy atom. The molecule has 1 heterocycles. The molecule has 0 aliphatic carbocycles. The molecule has 0 unspecified atom stereocenters. The fraction of sp³-hybridized carbons (Fsp3) is 0.889. The number of carbonyl (C=O) groups excluding carboxylic acids is 1. The maximum Gasteiger partial charge on any atom is 0.237 e. The Hall–Kier alpha value is -0.260. The Labute approximate surface area is 90.8 Å². The lowest BCUT2D eigenvalue weighted by Crippen LogP contribution is -2.65. The monoisotopic (exact) mass is 217 g/mol. The van der Waals surface area contributed by atoms with E-state index in [1.54, 1.807) is 0 Å². The van der Waals surface area contributed by atoms with Gasteiger partial charge >= 0.3 is 0 Å². The van der Waals surface area contributed by atoms with Gasteiger partial charge in [-0.3, -0.25) is 14.6 Å². The van der Waals surface area contributed by atoms with Crippen molar-refractivity contribution in [3.05, 3.63) is 0 Å². The first-order valence-electron chi connectivity index (χ1n) is 4.75. The number of thiol groups is 1. The van der Waals surface area contributed by atoms with Crippen LogP contribution in [0.5, 0.6) is 0 Å². The predicted molar refractivity (Wildman–Crippen MR) is 60.3 cm³/mol. The summed E-state index contributed by atoms with van der Waals surface area (Å²) in [7, 11) is 1.95. The second-order valence-corrected chi connectivity index (χ2v) is 4.65. The highest BCUT2D eigenvalue weighted by Crippen LogP contribution is 2.21. The maximum absolute atomic E-state index is 11.2. The molecule has 0 aromatic carbocycles. The highest BCUT2D eigenvalue weighted by atomic mass is 32.1. The third-order valence-electron chi connectivity index (χ3n) is 3.17. The molecule has 1 saturated heterocycles. The van der Waals surface area contributed by atoms with Crippen LogP contribution in [0.2, 0.25) is 0 Å². The fourth-order valence-corrected chi connectivity index (χ4v) is 1.76. The first kappa shape index (κ1) is 11.8. The molecule has 5 heteroatoms. The van der Waals surface area contributed by atoms with Crippen molar-refractivity contribution in [1.82, 2.24) is 9.80 Å². The van der Waals surface area contributed by atoms with Crippen LogP contribution in [0.25, 0.3) is 0 Å². The molecule has 14 heavy (non-hydrogen) atoms. The van der Waals surface area contributed by atoms with Gasteiger partial charge in [-0.25, -0.2) is 0 Å². The second-order valence-electron chi connectivity index (χ2n) is 4.37. The molecule has 4 nitrogen and oxygen atoms in total. The summed E-state index contributed by atoms with van der Waals surface area (Å²) in [6, 6.07) is 0.421. The van der Waals surface area contributed by atoms with Crippen LogP contribution in [0.3, 0.4) is 0 Å². The average Bonchev–Trinajstić information content (AvgIpc) is 2.01. The molecule has 1 aliphatic heterocycles. The van der Waals surface area contributed by atoms with Crippen molar-refractivity contribution >= 4 is 18.5 Å². The lowest BCUT2D eigenvalue weighted by Gasteiger charge is -2.48. The number of carbonyl (C=O) groups is 1. The number of likely N-dealkylation sites (N-methyl/N-ethyl adjacent to an activating group) is 1. The molecule has 0 spiro atoms. The van der Waals surface area contributed by atoms with Crippen LogP contribution in [0.1, 0.15) is 13.8 Å². The van der Waals surface area contributed by atoms with Crippen LogP contribution in [0.4, 0.5) is 0 Å². The highest BCUT2D eigenvalue weighted by molar-refractivity contribution is 7.80. The fourth-order valence-electron chi connectivity index (χ4n) is 1.53. The van der Waals surface area contributed by atoms with Crippen molar-refractivity contribution < 1.29 is 4.79 Å². The van der Waals surface area contributed by atoms with Gasteiger partial charge in [0.25, 0.3) is 0 Å². The molecule has 1 rings (SSSR count). The Bertz CT molecular complexity index is 226. The van der Waals surface area contributed by atoms with Crippen molar-refractivity contribution in [1.29, 1.82) is 0 Å². The zero-order valence-corrected chi connectivity index (χ0v) is 9.92. The summed E-state index contributed by atoms with van der Waals surface area (Å²) in [5.41, 5.74) is 4.78. The number of rotatable bonds is 4. The number of amides is 1. The van der Waals surface area contributed by atoms with Gasteiger partial charge in [0.05, 0.1) is 5.54 Å². The zero-order chi connectivity index (χ0) is 10.9. The van der Waals surface area contributed by atoms with Crippen LogP contribution in [0, 0.1) is 0 Å². The van der Waals surface area contributed by atoms with Crippen molar-refractivity contribution in [3.8, 4) is 0 Å². The van der Waals surface area contributed by atoms with Crippen LogP contribution < -0.4 is 5.73 Å². The number of nitrogens with zero attached hydrogens (tertiary/aromatic N) is 2. The van der Waals surface area contributed by atoms with Crippen LogP contribution in [0.15, 0.2) is 0 Å². The molecule has 1 fully saturated rings. The predicted octanol–water partition coefficient (Wildman–Crippen LogP) is -0.246. The first-order chi connectivity index (χ1) is 6.39. The van der Waals surface area contributed by atoms with Gasteiger partial charge in [0.1, 0.15) is 0 Å².